The third kappa shape index (κ3) is 5.50. The number of aromatic nitrogens is 2. The Kier molecular flexibility index (Phi) is 8.00. The lowest BCUT2D eigenvalue weighted by atomic mass is 9.89. The molecule has 0 aromatic carbocycles. The van der Waals surface area contributed by atoms with Crippen molar-refractivity contribution in [3.05, 3.63) is 18.1 Å². The van der Waals surface area contributed by atoms with Crippen LogP contribution < -0.4 is 5.32 Å². The molecule has 7 nitrogen and oxygen atoms in total. The van der Waals surface area contributed by atoms with Crippen molar-refractivity contribution in [2.24, 2.45) is 5.92 Å². The van der Waals surface area contributed by atoms with Gasteiger partial charge in [0.25, 0.3) is 0 Å². The Labute approximate surface area is 143 Å². The van der Waals surface area contributed by atoms with Gasteiger partial charge in [0.05, 0.1) is 31.1 Å². The molecule has 1 aliphatic rings. The second-order valence-corrected chi connectivity index (χ2v) is 5.70. The molecule has 1 aliphatic heterocycles. The van der Waals surface area contributed by atoms with Gasteiger partial charge in [-0.1, -0.05) is 20.3 Å². The lowest BCUT2D eigenvalue weighted by molar-refractivity contribution is -0.157. The Morgan fingerprint density at radius 1 is 1.28 bits per heavy atom. The molecule has 5 unspecified atom stereocenters. The first-order valence-corrected chi connectivity index (χ1v) is 7.82. The summed E-state index contributed by atoms with van der Waals surface area (Å²) in [5.41, 5.74) is -1.13. The van der Waals surface area contributed by atoms with Crippen molar-refractivity contribution >= 4 is 5.82 Å². The first kappa shape index (κ1) is 21.6. The van der Waals surface area contributed by atoms with E-state index in [0.29, 0.717) is 6.20 Å². The number of aliphatic hydroxyl groups excluding tert-OH is 3. The molecule has 1 saturated heterocycles. The predicted octanol–water partition coefficient (Wildman–Crippen LogP) is 1.05. The standard InChI is InChI=1S/C14H20F3N3O3.CH4O/c1-3-7(2)13-12(22)11(21)8(6-23-13)19-10-5-18-4-9(20-10)14(15,16)17;1-2/h4-5,7-8,11-13,21-22H,3,6H2,1-2H3,(H,19,20);2H,1H3. The highest BCUT2D eigenvalue weighted by Crippen LogP contribution is 2.28. The molecule has 10 heteroatoms. The average Bonchev–Trinajstić information content (AvgIpc) is 2.60. The number of hydrogen-bond acceptors (Lipinski definition) is 7. The molecule has 5 atom stereocenters. The topological polar surface area (TPSA) is 108 Å². The predicted molar refractivity (Wildman–Crippen MR) is 83.8 cm³/mol. The number of ether oxygens (including phenoxy) is 1. The summed E-state index contributed by atoms with van der Waals surface area (Å²) in [6, 6.07) is -0.775. The van der Waals surface area contributed by atoms with E-state index in [0.717, 1.165) is 19.7 Å². The zero-order chi connectivity index (χ0) is 19.2. The van der Waals surface area contributed by atoms with Crippen LogP contribution in [0.25, 0.3) is 0 Å². The summed E-state index contributed by atoms with van der Waals surface area (Å²) in [5.74, 6) is -0.0874. The largest absolute Gasteiger partial charge is 0.434 e. The Hall–Kier alpha value is -1.49. The third-order valence-electron chi connectivity index (χ3n) is 4.03. The van der Waals surface area contributed by atoms with E-state index in [-0.39, 0.29) is 18.3 Å². The van der Waals surface area contributed by atoms with Crippen molar-refractivity contribution in [2.75, 3.05) is 19.0 Å². The van der Waals surface area contributed by atoms with Crippen LogP contribution in [0.1, 0.15) is 26.0 Å². The summed E-state index contributed by atoms with van der Waals surface area (Å²) >= 11 is 0. The van der Waals surface area contributed by atoms with Crippen LogP contribution in [-0.2, 0) is 10.9 Å². The zero-order valence-corrected chi connectivity index (χ0v) is 14.2. The first-order valence-electron chi connectivity index (χ1n) is 7.82. The van der Waals surface area contributed by atoms with Crippen LogP contribution in [0.15, 0.2) is 12.4 Å². The fraction of sp³-hybridized carbons (Fsp3) is 0.733. The monoisotopic (exact) mass is 367 g/mol. The van der Waals surface area contributed by atoms with Crippen molar-refractivity contribution in [2.45, 2.75) is 50.8 Å². The van der Waals surface area contributed by atoms with Crippen LogP contribution in [0.5, 0.6) is 0 Å². The number of alkyl halides is 3. The molecule has 0 bridgehead atoms. The Morgan fingerprint density at radius 2 is 1.92 bits per heavy atom. The Bertz CT molecular complexity index is 533. The molecule has 1 aromatic rings. The molecule has 2 rings (SSSR count). The molecule has 0 aliphatic carbocycles. The fourth-order valence-electron chi connectivity index (χ4n) is 2.47. The summed E-state index contributed by atoms with van der Waals surface area (Å²) in [5, 5.41) is 30.0. The SMILES string of the molecule is CCC(C)C1OCC(Nc2cncc(C(F)(F)F)n2)C(O)C1O.CO. The molecule has 4 N–H and O–H groups in total. The van der Waals surface area contributed by atoms with Crippen molar-refractivity contribution < 1.29 is 33.2 Å². The molecule has 0 amide bonds. The van der Waals surface area contributed by atoms with Gasteiger partial charge in [-0.05, 0) is 5.92 Å². The van der Waals surface area contributed by atoms with E-state index in [1.807, 2.05) is 13.8 Å². The van der Waals surface area contributed by atoms with E-state index in [1.165, 1.54) is 0 Å². The van der Waals surface area contributed by atoms with Crippen LogP contribution >= 0.6 is 0 Å². The summed E-state index contributed by atoms with van der Waals surface area (Å²) in [6.07, 6.45) is -4.92. The highest BCUT2D eigenvalue weighted by molar-refractivity contribution is 5.34. The second-order valence-electron chi connectivity index (χ2n) is 5.70. The van der Waals surface area contributed by atoms with Crippen LogP contribution in [0.3, 0.4) is 0 Å². The van der Waals surface area contributed by atoms with Gasteiger partial charge in [0.15, 0.2) is 5.69 Å². The summed E-state index contributed by atoms with van der Waals surface area (Å²) in [6.45, 7) is 3.88. The van der Waals surface area contributed by atoms with Gasteiger partial charge in [0, 0.05) is 7.11 Å². The molecule has 2 heterocycles. The lowest BCUT2D eigenvalue weighted by Gasteiger charge is -2.40. The molecule has 1 fully saturated rings. The summed E-state index contributed by atoms with van der Waals surface area (Å²) in [7, 11) is 1.00. The number of halogens is 3. The van der Waals surface area contributed by atoms with Gasteiger partial charge >= 0.3 is 6.18 Å². The van der Waals surface area contributed by atoms with E-state index in [1.54, 1.807) is 0 Å². The zero-order valence-electron chi connectivity index (χ0n) is 14.2. The smallest absolute Gasteiger partial charge is 0.400 e. The highest BCUT2D eigenvalue weighted by atomic mass is 19.4. The molecule has 0 saturated carbocycles. The summed E-state index contributed by atoms with van der Waals surface area (Å²) in [4.78, 5) is 6.91. The number of aliphatic hydroxyl groups is 3. The van der Waals surface area contributed by atoms with Crippen LogP contribution in [-0.4, -0.2) is 63.4 Å². The van der Waals surface area contributed by atoms with E-state index in [2.05, 4.69) is 15.3 Å². The molecular formula is C15H24F3N3O4. The quantitative estimate of drug-likeness (QED) is 0.630. The van der Waals surface area contributed by atoms with Crippen molar-refractivity contribution in [3.63, 3.8) is 0 Å². The maximum absolute atomic E-state index is 12.6. The van der Waals surface area contributed by atoms with Crippen LogP contribution in [0.4, 0.5) is 19.0 Å². The van der Waals surface area contributed by atoms with Crippen LogP contribution in [0.2, 0.25) is 0 Å². The number of rotatable bonds is 4. The first-order chi connectivity index (χ1) is 11.7. The number of hydrogen-bond donors (Lipinski definition) is 4. The van der Waals surface area contributed by atoms with Gasteiger partial charge < -0.3 is 25.4 Å². The molecular weight excluding hydrogens is 343 g/mol. The van der Waals surface area contributed by atoms with Gasteiger partial charge in [0.2, 0.25) is 0 Å². The number of nitrogens with zero attached hydrogens (tertiary/aromatic N) is 2. The Morgan fingerprint density at radius 3 is 2.48 bits per heavy atom. The van der Waals surface area contributed by atoms with E-state index >= 15 is 0 Å². The van der Waals surface area contributed by atoms with Gasteiger partial charge in [-0.3, -0.25) is 4.98 Å². The van der Waals surface area contributed by atoms with Gasteiger partial charge in [0.1, 0.15) is 18.0 Å². The highest BCUT2D eigenvalue weighted by Gasteiger charge is 2.40. The van der Waals surface area contributed by atoms with E-state index in [4.69, 9.17) is 9.84 Å². The van der Waals surface area contributed by atoms with Crippen LogP contribution in [0, 0.1) is 5.92 Å². The number of anilines is 1. The fourth-order valence-corrected chi connectivity index (χ4v) is 2.47. The molecule has 1 aromatic heterocycles. The molecule has 0 spiro atoms. The van der Waals surface area contributed by atoms with Gasteiger partial charge in [-0.2, -0.15) is 13.2 Å². The third-order valence-corrected chi connectivity index (χ3v) is 4.03. The van der Waals surface area contributed by atoms with Crippen molar-refractivity contribution in [1.82, 2.24) is 9.97 Å². The lowest BCUT2D eigenvalue weighted by Crippen LogP contribution is -2.57. The average molecular weight is 367 g/mol. The van der Waals surface area contributed by atoms with Gasteiger partial charge in [-0.25, -0.2) is 4.98 Å². The maximum atomic E-state index is 12.6. The molecule has 144 valence electrons. The second kappa shape index (κ2) is 9.27. The minimum atomic E-state index is -4.60. The summed E-state index contributed by atoms with van der Waals surface area (Å²) < 4.78 is 43.4. The minimum Gasteiger partial charge on any atom is -0.400 e. The van der Waals surface area contributed by atoms with Crippen molar-refractivity contribution in [1.29, 1.82) is 0 Å². The molecule has 0 radical (unpaired) electrons. The molecule has 25 heavy (non-hydrogen) atoms. The number of nitrogens with one attached hydrogen (secondary N) is 1. The Balaban J connectivity index is 0.00000151. The van der Waals surface area contributed by atoms with E-state index in [9.17, 15) is 23.4 Å². The normalized spacial score (nSPS) is 27.9. The maximum Gasteiger partial charge on any atom is 0.434 e. The van der Waals surface area contributed by atoms with Gasteiger partial charge in [-0.15, -0.1) is 0 Å². The van der Waals surface area contributed by atoms with E-state index < -0.39 is 36.2 Å². The minimum absolute atomic E-state index is 0.0468. The van der Waals surface area contributed by atoms with Crippen molar-refractivity contribution in [3.8, 4) is 0 Å².